The van der Waals surface area contributed by atoms with E-state index < -0.39 is 0 Å². The van der Waals surface area contributed by atoms with Crippen molar-refractivity contribution in [3.63, 3.8) is 0 Å². The lowest BCUT2D eigenvalue weighted by atomic mass is 10.2. The Bertz CT molecular complexity index is 346. The third-order valence-corrected chi connectivity index (χ3v) is 2.87. The van der Waals surface area contributed by atoms with Gasteiger partial charge in [0.05, 0.1) is 0 Å². The van der Waals surface area contributed by atoms with Crippen LogP contribution in [0.2, 0.25) is 0 Å². The van der Waals surface area contributed by atoms with E-state index in [2.05, 4.69) is 12.2 Å². The molecule has 1 aromatic carbocycles. The minimum atomic E-state index is 0.796. The van der Waals surface area contributed by atoms with Crippen LogP contribution in [0.5, 0.6) is 0 Å². The molecule has 1 saturated heterocycles. The second-order valence-electron chi connectivity index (χ2n) is 4.55. The van der Waals surface area contributed by atoms with Crippen molar-refractivity contribution in [2.24, 2.45) is 0 Å². The molecule has 3 nitrogen and oxygen atoms in total. The van der Waals surface area contributed by atoms with Crippen molar-refractivity contribution >= 4 is 12.1 Å². The third-order valence-electron chi connectivity index (χ3n) is 2.87. The van der Waals surface area contributed by atoms with Gasteiger partial charge in [-0.15, -0.1) is 0 Å². The van der Waals surface area contributed by atoms with Crippen molar-refractivity contribution in [3.05, 3.63) is 29.8 Å². The molecule has 1 amide bonds. The van der Waals surface area contributed by atoms with E-state index in [1.54, 1.807) is 11.9 Å². The maximum absolute atomic E-state index is 10.3. The Morgan fingerprint density at radius 3 is 2.65 bits per heavy atom. The number of nitrogens with zero attached hydrogens (tertiary/aromatic N) is 1. The first-order valence-electron chi connectivity index (χ1n) is 6.11. The minimum Gasteiger partial charge on any atom is -0.318 e. The van der Waals surface area contributed by atoms with Crippen LogP contribution in [0.4, 0.5) is 5.69 Å². The number of hydrogen-bond donors (Lipinski definition) is 1. The van der Waals surface area contributed by atoms with Gasteiger partial charge in [-0.05, 0) is 50.9 Å². The van der Waals surface area contributed by atoms with E-state index in [9.17, 15) is 4.79 Å². The summed E-state index contributed by atoms with van der Waals surface area (Å²) in [6.45, 7) is 5.47. The zero-order chi connectivity index (χ0) is 12.7. The van der Waals surface area contributed by atoms with Gasteiger partial charge in [-0.1, -0.05) is 12.1 Å². The molecule has 0 saturated carbocycles. The molecule has 0 radical (unpaired) electrons. The first-order chi connectivity index (χ1) is 8.13. The molecule has 1 N–H and O–H groups in total. The standard InChI is InChI=1S/C9H11NO.C5H11N/c1-8-4-3-5-9(6-8)10(2)7-11;1-5-3-2-4-6-5/h3-7H,1-2H3;5-6H,2-4H2,1H3. The quantitative estimate of drug-likeness (QED) is 0.797. The zero-order valence-corrected chi connectivity index (χ0v) is 10.9. The summed E-state index contributed by atoms with van der Waals surface area (Å²) in [6.07, 6.45) is 3.55. The fourth-order valence-corrected chi connectivity index (χ4v) is 1.77. The highest BCUT2D eigenvalue weighted by Gasteiger charge is 2.05. The van der Waals surface area contributed by atoms with E-state index in [-0.39, 0.29) is 0 Å². The lowest BCUT2D eigenvalue weighted by Crippen LogP contribution is -2.16. The summed E-state index contributed by atoms with van der Waals surface area (Å²) < 4.78 is 0. The Balaban J connectivity index is 0.000000202. The minimum absolute atomic E-state index is 0.796. The molecular weight excluding hydrogens is 212 g/mol. The Morgan fingerprint density at radius 2 is 2.24 bits per heavy atom. The van der Waals surface area contributed by atoms with Gasteiger partial charge in [0, 0.05) is 18.8 Å². The lowest BCUT2D eigenvalue weighted by molar-refractivity contribution is -0.107. The van der Waals surface area contributed by atoms with Gasteiger partial charge < -0.3 is 10.2 Å². The van der Waals surface area contributed by atoms with Crippen LogP contribution in [0.25, 0.3) is 0 Å². The summed E-state index contributed by atoms with van der Waals surface area (Å²) in [7, 11) is 1.74. The fraction of sp³-hybridized carbons (Fsp3) is 0.500. The summed E-state index contributed by atoms with van der Waals surface area (Å²) in [5.74, 6) is 0. The van der Waals surface area contributed by atoms with Crippen LogP contribution in [0.15, 0.2) is 24.3 Å². The van der Waals surface area contributed by atoms with Crippen LogP contribution >= 0.6 is 0 Å². The molecule has 2 rings (SSSR count). The highest BCUT2D eigenvalue weighted by Crippen LogP contribution is 2.11. The number of rotatable bonds is 2. The van der Waals surface area contributed by atoms with Crippen molar-refractivity contribution in [2.45, 2.75) is 32.7 Å². The lowest BCUT2D eigenvalue weighted by Gasteiger charge is -2.10. The van der Waals surface area contributed by atoms with E-state index in [1.807, 2.05) is 31.2 Å². The van der Waals surface area contributed by atoms with E-state index in [4.69, 9.17) is 0 Å². The summed E-state index contributed by atoms with van der Waals surface area (Å²) in [5.41, 5.74) is 2.09. The molecule has 0 spiro atoms. The van der Waals surface area contributed by atoms with Gasteiger partial charge in [0.15, 0.2) is 0 Å². The first-order valence-corrected chi connectivity index (χ1v) is 6.11. The third kappa shape index (κ3) is 5.00. The van der Waals surface area contributed by atoms with E-state index in [0.29, 0.717) is 0 Å². The summed E-state index contributed by atoms with van der Waals surface area (Å²) in [5, 5.41) is 3.32. The van der Waals surface area contributed by atoms with E-state index in [0.717, 1.165) is 23.7 Å². The maximum Gasteiger partial charge on any atom is 0.213 e. The van der Waals surface area contributed by atoms with Crippen molar-refractivity contribution in [1.29, 1.82) is 0 Å². The fourth-order valence-electron chi connectivity index (χ4n) is 1.77. The largest absolute Gasteiger partial charge is 0.318 e. The number of hydrogen-bond acceptors (Lipinski definition) is 2. The molecule has 1 aliphatic heterocycles. The first kappa shape index (κ1) is 13.7. The van der Waals surface area contributed by atoms with Crippen molar-refractivity contribution in [3.8, 4) is 0 Å². The zero-order valence-electron chi connectivity index (χ0n) is 10.9. The van der Waals surface area contributed by atoms with Gasteiger partial charge in [0.25, 0.3) is 0 Å². The van der Waals surface area contributed by atoms with Gasteiger partial charge in [-0.3, -0.25) is 4.79 Å². The summed E-state index contributed by atoms with van der Waals surface area (Å²) in [6, 6.07) is 8.60. The molecule has 1 heterocycles. The van der Waals surface area contributed by atoms with Gasteiger partial charge in [0.1, 0.15) is 0 Å². The number of anilines is 1. The molecule has 0 aromatic heterocycles. The van der Waals surface area contributed by atoms with Gasteiger partial charge in [-0.25, -0.2) is 0 Å². The van der Waals surface area contributed by atoms with Crippen molar-refractivity contribution in [1.82, 2.24) is 5.32 Å². The predicted molar refractivity (Wildman–Crippen MR) is 72.3 cm³/mol. The number of amides is 1. The Hall–Kier alpha value is -1.35. The van der Waals surface area contributed by atoms with Crippen molar-refractivity contribution < 1.29 is 4.79 Å². The number of nitrogens with one attached hydrogen (secondary N) is 1. The second-order valence-corrected chi connectivity index (χ2v) is 4.55. The number of aryl methyl sites for hydroxylation is 1. The van der Waals surface area contributed by atoms with Crippen LogP contribution in [-0.2, 0) is 4.79 Å². The smallest absolute Gasteiger partial charge is 0.213 e. The van der Waals surface area contributed by atoms with E-state index in [1.165, 1.54) is 19.4 Å². The maximum atomic E-state index is 10.3. The van der Waals surface area contributed by atoms with Crippen LogP contribution in [0.1, 0.15) is 25.3 Å². The number of benzene rings is 1. The molecule has 3 heteroatoms. The molecular formula is C14H22N2O. The normalized spacial score (nSPS) is 18.2. The highest BCUT2D eigenvalue weighted by atomic mass is 16.1. The topological polar surface area (TPSA) is 32.3 Å². The number of carbonyl (C=O) groups is 1. The summed E-state index contributed by atoms with van der Waals surface area (Å²) in [4.78, 5) is 11.9. The molecule has 94 valence electrons. The highest BCUT2D eigenvalue weighted by molar-refractivity contribution is 5.74. The average molecular weight is 234 g/mol. The molecule has 17 heavy (non-hydrogen) atoms. The SMILES string of the molecule is CC1CCCN1.Cc1cccc(N(C)C=O)c1. The van der Waals surface area contributed by atoms with Crippen LogP contribution < -0.4 is 10.2 Å². The molecule has 1 fully saturated rings. The molecule has 0 bridgehead atoms. The average Bonchev–Trinajstić information content (AvgIpc) is 2.80. The molecule has 1 aliphatic rings. The van der Waals surface area contributed by atoms with Crippen molar-refractivity contribution in [2.75, 3.05) is 18.5 Å². The Kier molecular flexibility index (Phi) is 5.70. The van der Waals surface area contributed by atoms with Crippen LogP contribution in [0, 0.1) is 6.92 Å². The number of carbonyl (C=O) groups excluding carboxylic acids is 1. The summed E-state index contributed by atoms with van der Waals surface area (Å²) >= 11 is 0. The van der Waals surface area contributed by atoms with Gasteiger partial charge >= 0.3 is 0 Å². The molecule has 1 aromatic rings. The van der Waals surface area contributed by atoms with Crippen LogP contribution in [0.3, 0.4) is 0 Å². The monoisotopic (exact) mass is 234 g/mol. The predicted octanol–water partition coefficient (Wildman–Crippen LogP) is 2.35. The van der Waals surface area contributed by atoms with Gasteiger partial charge in [-0.2, -0.15) is 0 Å². The molecule has 0 aliphatic carbocycles. The Labute approximate surface area is 104 Å². The van der Waals surface area contributed by atoms with E-state index >= 15 is 0 Å². The Morgan fingerprint density at radius 1 is 1.47 bits per heavy atom. The van der Waals surface area contributed by atoms with Gasteiger partial charge in [0.2, 0.25) is 6.41 Å². The molecule has 1 unspecified atom stereocenters. The second kappa shape index (κ2) is 7.07. The van der Waals surface area contributed by atoms with Crippen LogP contribution in [-0.4, -0.2) is 26.0 Å². The molecule has 1 atom stereocenters.